The van der Waals surface area contributed by atoms with Crippen molar-refractivity contribution in [3.05, 3.63) is 52.4 Å². The first-order chi connectivity index (χ1) is 15.2. The van der Waals surface area contributed by atoms with E-state index >= 15 is 0 Å². The molecule has 1 aromatic heterocycles. The molecular formula is C24H31F3N2O4. The first kappa shape index (κ1) is 26.6. The Morgan fingerprint density at radius 3 is 1.91 bits per heavy atom. The van der Waals surface area contributed by atoms with E-state index in [0.29, 0.717) is 11.4 Å². The number of hydrogen-bond acceptors (Lipinski definition) is 6. The van der Waals surface area contributed by atoms with Crippen molar-refractivity contribution in [3.63, 3.8) is 0 Å². The zero-order valence-corrected chi connectivity index (χ0v) is 20.3. The maximum atomic E-state index is 14.9. The second kappa shape index (κ2) is 10.1. The summed E-state index contributed by atoms with van der Waals surface area (Å²) in [5, 5.41) is 0. The molecule has 0 saturated carbocycles. The Balaban J connectivity index is 2.36. The van der Waals surface area contributed by atoms with Gasteiger partial charge in [-0.2, -0.15) is 0 Å². The molecule has 0 aliphatic rings. The Bertz CT molecular complexity index is 997. The van der Waals surface area contributed by atoms with Gasteiger partial charge < -0.3 is 14.2 Å². The number of methoxy groups -OCH3 is 2. The number of nitrogens with zero attached hydrogens (tertiary/aromatic N) is 2. The van der Waals surface area contributed by atoms with Crippen LogP contribution < -0.4 is 4.74 Å². The second-order valence-corrected chi connectivity index (χ2v) is 9.86. The van der Waals surface area contributed by atoms with Crippen molar-refractivity contribution < 1.29 is 32.2 Å². The molecule has 2 aromatic rings. The van der Waals surface area contributed by atoms with Gasteiger partial charge in [0.15, 0.2) is 23.2 Å². The van der Waals surface area contributed by atoms with Crippen LogP contribution in [0.3, 0.4) is 0 Å². The van der Waals surface area contributed by atoms with Gasteiger partial charge in [-0.1, -0.05) is 41.5 Å². The van der Waals surface area contributed by atoms with Crippen LogP contribution in [-0.2, 0) is 32.9 Å². The predicted molar refractivity (Wildman–Crippen MR) is 116 cm³/mol. The molecular weight excluding hydrogens is 437 g/mol. The molecule has 1 aromatic carbocycles. The fraction of sp³-hybridized carbons (Fsp3) is 0.542. The van der Waals surface area contributed by atoms with E-state index in [-0.39, 0.29) is 12.0 Å². The quantitative estimate of drug-likeness (QED) is 0.410. The first-order valence-corrected chi connectivity index (χ1v) is 10.4. The lowest BCUT2D eigenvalue weighted by atomic mass is 9.77. The largest absolute Gasteiger partial charge is 0.493 e. The van der Waals surface area contributed by atoms with E-state index in [2.05, 4.69) is 9.97 Å². The van der Waals surface area contributed by atoms with Crippen molar-refractivity contribution >= 4 is 5.97 Å². The molecule has 1 unspecified atom stereocenters. The number of hydrogen-bond donors (Lipinski definition) is 0. The SMILES string of the molecule is COCc1c(F)c(F)c(COC(=O)C(c2cnc(C(C)(C)C)nc2)C(C)(C)C)c(F)c1OC. The van der Waals surface area contributed by atoms with Crippen LogP contribution in [0.25, 0.3) is 0 Å². The van der Waals surface area contributed by atoms with Crippen molar-refractivity contribution in [1.29, 1.82) is 0 Å². The summed E-state index contributed by atoms with van der Waals surface area (Å²) in [7, 11) is 2.39. The van der Waals surface area contributed by atoms with Gasteiger partial charge in [0.25, 0.3) is 0 Å². The molecule has 6 nitrogen and oxygen atoms in total. The number of halogens is 3. The van der Waals surface area contributed by atoms with Gasteiger partial charge in [-0.05, 0) is 5.41 Å². The summed E-state index contributed by atoms with van der Waals surface area (Å²) in [4.78, 5) is 21.7. The lowest BCUT2D eigenvalue weighted by molar-refractivity contribution is -0.149. The molecule has 9 heteroatoms. The summed E-state index contributed by atoms with van der Waals surface area (Å²) in [5.74, 6) is -5.39. The van der Waals surface area contributed by atoms with Crippen LogP contribution in [0.1, 0.15) is 70.0 Å². The second-order valence-electron chi connectivity index (χ2n) is 9.86. The maximum absolute atomic E-state index is 14.9. The van der Waals surface area contributed by atoms with Crippen molar-refractivity contribution in [2.24, 2.45) is 5.41 Å². The summed E-state index contributed by atoms with van der Waals surface area (Å²) in [6.07, 6.45) is 3.10. The third-order valence-corrected chi connectivity index (χ3v) is 5.09. The van der Waals surface area contributed by atoms with Gasteiger partial charge >= 0.3 is 5.97 Å². The molecule has 2 rings (SSSR count). The van der Waals surface area contributed by atoms with Gasteiger partial charge in [0, 0.05) is 30.5 Å². The maximum Gasteiger partial charge on any atom is 0.314 e. The summed E-state index contributed by atoms with van der Waals surface area (Å²) < 4.78 is 58.9. The minimum atomic E-state index is -1.46. The Morgan fingerprint density at radius 1 is 0.909 bits per heavy atom. The molecule has 0 saturated heterocycles. The highest BCUT2D eigenvalue weighted by molar-refractivity contribution is 5.79. The highest BCUT2D eigenvalue weighted by Gasteiger charge is 2.36. The molecule has 0 fully saturated rings. The fourth-order valence-electron chi connectivity index (χ4n) is 3.43. The van der Waals surface area contributed by atoms with Crippen LogP contribution in [0, 0.1) is 22.9 Å². The number of aromatic nitrogens is 2. The molecule has 1 heterocycles. The van der Waals surface area contributed by atoms with Crippen LogP contribution in [-0.4, -0.2) is 30.2 Å². The third-order valence-electron chi connectivity index (χ3n) is 5.09. The Kier molecular flexibility index (Phi) is 8.11. The van der Waals surface area contributed by atoms with Gasteiger partial charge in [0.05, 0.1) is 30.8 Å². The van der Waals surface area contributed by atoms with Crippen LogP contribution in [0.4, 0.5) is 13.2 Å². The van der Waals surface area contributed by atoms with Crippen LogP contribution >= 0.6 is 0 Å². The van der Waals surface area contributed by atoms with E-state index in [0.717, 1.165) is 7.11 Å². The Hall–Kier alpha value is -2.68. The van der Waals surface area contributed by atoms with E-state index in [9.17, 15) is 18.0 Å². The van der Waals surface area contributed by atoms with E-state index in [1.807, 2.05) is 41.5 Å². The van der Waals surface area contributed by atoms with Gasteiger partial charge in [0.1, 0.15) is 12.4 Å². The van der Waals surface area contributed by atoms with Gasteiger partial charge in [-0.25, -0.2) is 23.1 Å². The number of ether oxygens (including phenoxy) is 3. The lowest BCUT2D eigenvalue weighted by Crippen LogP contribution is -2.29. The van der Waals surface area contributed by atoms with Crippen molar-refractivity contribution in [1.82, 2.24) is 9.97 Å². The minimum Gasteiger partial charge on any atom is -0.493 e. The third kappa shape index (κ3) is 5.82. The average Bonchev–Trinajstić information content (AvgIpc) is 2.71. The summed E-state index contributed by atoms with van der Waals surface area (Å²) in [6, 6.07) is 0. The molecule has 0 radical (unpaired) electrons. The summed E-state index contributed by atoms with van der Waals surface area (Å²) in [5.41, 5.74) is -1.53. The highest BCUT2D eigenvalue weighted by atomic mass is 19.2. The zero-order valence-electron chi connectivity index (χ0n) is 20.3. The van der Waals surface area contributed by atoms with E-state index < -0.39 is 58.2 Å². The average molecular weight is 469 g/mol. The summed E-state index contributed by atoms with van der Waals surface area (Å²) in [6.45, 7) is 10.1. The van der Waals surface area contributed by atoms with Crippen LogP contribution in [0.15, 0.2) is 12.4 Å². The molecule has 0 aliphatic heterocycles. The zero-order chi connectivity index (χ0) is 25.1. The lowest BCUT2D eigenvalue weighted by Gasteiger charge is -2.29. The highest BCUT2D eigenvalue weighted by Crippen LogP contribution is 2.37. The smallest absolute Gasteiger partial charge is 0.314 e. The van der Waals surface area contributed by atoms with Crippen LogP contribution in [0.2, 0.25) is 0 Å². The van der Waals surface area contributed by atoms with Gasteiger partial charge in [0.2, 0.25) is 0 Å². The molecule has 0 aliphatic carbocycles. The van der Waals surface area contributed by atoms with Crippen molar-refractivity contribution in [2.75, 3.05) is 14.2 Å². The molecule has 0 bridgehead atoms. The number of carbonyl (C=O) groups is 1. The fourth-order valence-corrected chi connectivity index (χ4v) is 3.43. The normalized spacial score (nSPS) is 13.1. The molecule has 0 spiro atoms. The first-order valence-electron chi connectivity index (χ1n) is 10.4. The minimum absolute atomic E-state index is 0.274. The standard InChI is InChI=1S/C24H31F3N2O4/c1-23(2,3)16(13-9-28-22(29-10-13)24(4,5)6)21(30)33-12-14-17(25)18(26)15(11-31-7)20(32-8)19(14)27/h9-10,16H,11-12H2,1-8H3. The molecule has 182 valence electrons. The summed E-state index contributed by atoms with van der Waals surface area (Å²) >= 11 is 0. The molecule has 1 atom stereocenters. The number of esters is 1. The van der Waals surface area contributed by atoms with Gasteiger partial charge in [-0.15, -0.1) is 0 Å². The number of rotatable bonds is 7. The molecule has 0 amide bonds. The molecule has 33 heavy (non-hydrogen) atoms. The Labute approximate surface area is 192 Å². The van der Waals surface area contributed by atoms with E-state index in [4.69, 9.17) is 14.2 Å². The topological polar surface area (TPSA) is 70.5 Å². The van der Waals surface area contributed by atoms with E-state index in [1.54, 1.807) is 12.4 Å². The molecule has 0 N–H and O–H groups in total. The monoisotopic (exact) mass is 468 g/mol. The predicted octanol–water partition coefficient (Wildman–Crippen LogP) is 5.22. The van der Waals surface area contributed by atoms with Gasteiger partial charge in [-0.3, -0.25) is 4.79 Å². The Morgan fingerprint density at radius 2 is 1.45 bits per heavy atom. The van der Waals surface area contributed by atoms with Crippen molar-refractivity contribution in [3.8, 4) is 5.75 Å². The number of carbonyl (C=O) groups excluding carboxylic acids is 1. The van der Waals surface area contributed by atoms with Crippen LogP contribution in [0.5, 0.6) is 5.75 Å². The van der Waals surface area contributed by atoms with E-state index in [1.165, 1.54) is 7.11 Å². The van der Waals surface area contributed by atoms with Crippen molar-refractivity contribution in [2.45, 2.75) is 66.1 Å². The number of benzene rings is 1.